The lowest BCUT2D eigenvalue weighted by molar-refractivity contribution is 0.776. The fourth-order valence-corrected chi connectivity index (χ4v) is 2.11. The van der Waals surface area contributed by atoms with Crippen LogP contribution in [0.4, 0.5) is 0 Å². The van der Waals surface area contributed by atoms with Gasteiger partial charge in [0.15, 0.2) is 0 Å². The van der Waals surface area contributed by atoms with Crippen LogP contribution in [0.1, 0.15) is 28.9 Å². The van der Waals surface area contributed by atoms with Gasteiger partial charge in [0.05, 0.1) is 0 Å². The molecule has 0 aliphatic carbocycles. The average Bonchev–Trinajstić information content (AvgIpc) is 2.75. The molecule has 0 aliphatic rings. The maximum atomic E-state index is 4.24. The van der Waals surface area contributed by atoms with Crippen LogP contribution in [0, 0.1) is 13.8 Å². The summed E-state index contributed by atoms with van der Waals surface area (Å²) in [5.41, 5.74) is 4.30. The van der Waals surface area contributed by atoms with Crippen LogP contribution in [-0.2, 0) is 12.8 Å². The van der Waals surface area contributed by atoms with Crippen LogP contribution in [0.15, 0.2) is 30.6 Å². The average molecular weight is 214 g/mol. The molecule has 0 fully saturated rings. The number of rotatable bonds is 4. The highest BCUT2D eigenvalue weighted by Gasteiger charge is 2.02. The molecular weight excluding hydrogens is 196 g/mol. The summed E-state index contributed by atoms with van der Waals surface area (Å²) < 4.78 is 0. The Bertz CT molecular complexity index is 424. The number of hydrogen-bond acceptors (Lipinski definition) is 1. The van der Waals surface area contributed by atoms with Crippen molar-refractivity contribution in [3.8, 4) is 0 Å². The fourth-order valence-electron chi connectivity index (χ4n) is 2.11. The first-order valence-corrected chi connectivity index (χ1v) is 5.80. The summed E-state index contributed by atoms with van der Waals surface area (Å²) in [4.78, 5) is 7.38. The highest BCUT2D eigenvalue weighted by Crippen LogP contribution is 2.15. The lowest BCUT2D eigenvalue weighted by Crippen LogP contribution is -1.96. The van der Waals surface area contributed by atoms with Gasteiger partial charge < -0.3 is 4.98 Å². The third-order valence-corrected chi connectivity index (χ3v) is 3.04. The third kappa shape index (κ3) is 2.51. The molecule has 0 radical (unpaired) electrons. The van der Waals surface area contributed by atoms with E-state index in [-0.39, 0.29) is 0 Å². The van der Waals surface area contributed by atoms with Gasteiger partial charge in [-0.2, -0.15) is 0 Å². The molecule has 1 aromatic heterocycles. The Balaban J connectivity index is 1.95. The van der Waals surface area contributed by atoms with Gasteiger partial charge in [0.25, 0.3) is 0 Å². The van der Waals surface area contributed by atoms with E-state index >= 15 is 0 Å². The van der Waals surface area contributed by atoms with Crippen molar-refractivity contribution >= 4 is 0 Å². The zero-order chi connectivity index (χ0) is 11.4. The molecule has 0 saturated carbocycles. The zero-order valence-corrected chi connectivity index (χ0v) is 9.96. The monoisotopic (exact) mass is 214 g/mol. The zero-order valence-electron chi connectivity index (χ0n) is 9.96. The van der Waals surface area contributed by atoms with E-state index in [0.717, 1.165) is 25.1 Å². The second kappa shape index (κ2) is 4.97. The van der Waals surface area contributed by atoms with Gasteiger partial charge in [-0.3, -0.25) is 0 Å². The van der Waals surface area contributed by atoms with Gasteiger partial charge in [-0.05, 0) is 43.4 Å². The van der Waals surface area contributed by atoms with E-state index in [9.17, 15) is 0 Å². The first kappa shape index (κ1) is 10.9. The first-order chi connectivity index (χ1) is 7.77. The van der Waals surface area contributed by atoms with E-state index in [1.807, 2.05) is 12.4 Å². The maximum absolute atomic E-state index is 4.24. The lowest BCUT2D eigenvalue weighted by Gasteiger charge is -2.08. The second-order valence-electron chi connectivity index (χ2n) is 4.26. The summed E-state index contributed by atoms with van der Waals surface area (Å²) in [7, 11) is 0. The van der Waals surface area contributed by atoms with E-state index < -0.39 is 0 Å². The van der Waals surface area contributed by atoms with Crippen LogP contribution in [0.2, 0.25) is 0 Å². The summed E-state index contributed by atoms with van der Waals surface area (Å²) in [5.74, 6) is 1.09. The molecule has 0 unspecified atom stereocenters. The van der Waals surface area contributed by atoms with Gasteiger partial charge in [0.1, 0.15) is 5.82 Å². The second-order valence-corrected chi connectivity index (χ2v) is 4.26. The molecule has 0 bridgehead atoms. The molecule has 1 N–H and O–H groups in total. The smallest absolute Gasteiger partial charge is 0.106 e. The number of aromatic nitrogens is 2. The molecule has 0 atom stereocenters. The van der Waals surface area contributed by atoms with Gasteiger partial charge in [0, 0.05) is 18.8 Å². The van der Waals surface area contributed by atoms with Gasteiger partial charge in [-0.25, -0.2) is 4.98 Å². The van der Waals surface area contributed by atoms with E-state index in [0.29, 0.717) is 0 Å². The molecule has 1 aromatic carbocycles. The van der Waals surface area contributed by atoms with Crippen LogP contribution in [-0.4, -0.2) is 9.97 Å². The number of H-pyrrole nitrogens is 1. The summed E-state index contributed by atoms with van der Waals surface area (Å²) in [6.45, 7) is 4.38. The standard InChI is InChI=1S/C14H18N2/c1-11-5-3-6-12(2)13(11)7-4-8-14-15-9-10-16-14/h3,5-6,9-10H,4,7-8H2,1-2H3,(H,15,16). The maximum Gasteiger partial charge on any atom is 0.106 e. The summed E-state index contributed by atoms with van der Waals surface area (Å²) in [6, 6.07) is 6.51. The van der Waals surface area contributed by atoms with E-state index in [1.54, 1.807) is 0 Å². The Morgan fingerprint density at radius 2 is 1.88 bits per heavy atom. The topological polar surface area (TPSA) is 28.7 Å². The predicted molar refractivity (Wildman–Crippen MR) is 66.5 cm³/mol. The van der Waals surface area contributed by atoms with E-state index in [1.165, 1.54) is 16.7 Å². The molecule has 2 nitrogen and oxygen atoms in total. The van der Waals surface area contributed by atoms with Crippen LogP contribution in [0.5, 0.6) is 0 Å². The quantitative estimate of drug-likeness (QED) is 0.831. The van der Waals surface area contributed by atoms with Crippen molar-refractivity contribution in [2.75, 3.05) is 0 Å². The number of hydrogen-bond donors (Lipinski definition) is 1. The van der Waals surface area contributed by atoms with Crippen molar-refractivity contribution in [3.05, 3.63) is 53.1 Å². The minimum Gasteiger partial charge on any atom is -0.349 e. The Morgan fingerprint density at radius 3 is 2.50 bits per heavy atom. The van der Waals surface area contributed by atoms with Gasteiger partial charge >= 0.3 is 0 Å². The van der Waals surface area contributed by atoms with Crippen LogP contribution >= 0.6 is 0 Å². The van der Waals surface area contributed by atoms with E-state index in [4.69, 9.17) is 0 Å². The van der Waals surface area contributed by atoms with Gasteiger partial charge in [-0.15, -0.1) is 0 Å². The molecule has 2 heteroatoms. The molecule has 0 saturated heterocycles. The molecule has 84 valence electrons. The van der Waals surface area contributed by atoms with Crippen molar-refractivity contribution in [1.82, 2.24) is 9.97 Å². The Hall–Kier alpha value is -1.57. The van der Waals surface area contributed by atoms with Crippen molar-refractivity contribution in [2.45, 2.75) is 33.1 Å². The third-order valence-electron chi connectivity index (χ3n) is 3.04. The van der Waals surface area contributed by atoms with Crippen molar-refractivity contribution in [3.63, 3.8) is 0 Å². The highest BCUT2D eigenvalue weighted by atomic mass is 14.9. The van der Waals surface area contributed by atoms with Crippen molar-refractivity contribution < 1.29 is 0 Å². The molecule has 2 aromatic rings. The summed E-state index contributed by atoms with van der Waals surface area (Å²) >= 11 is 0. The van der Waals surface area contributed by atoms with Crippen molar-refractivity contribution in [1.29, 1.82) is 0 Å². The fraction of sp³-hybridized carbons (Fsp3) is 0.357. The Labute approximate surface area is 96.7 Å². The van der Waals surface area contributed by atoms with Gasteiger partial charge in [-0.1, -0.05) is 18.2 Å². The summed E-state index contributed by atoms with van der Waals surface area (Å²) in [6.07, 6.45) is 7.02. The molecule has 16 heavy (non-hydrogen) atoms. The molecule has 2 rings (SSSR count). The lowest BCUT2D eigenvalue weighted by atomic mass is 9.98. The number of aromatic amines is 1. The van der Waals surface area contributed by atoms with Crippen molar-refractivity contribution in [2.24, 2.45) is 0 Å². The van der Waals surface area contributed by atoms with Crippen LogP contribution in [0.3, 0.4) is 0 Å². The Kier molecular flexibility index (Phi) is 3.40. The molecule has 0 amide bonds. The first-order valence-electron chi connectivity index (χ1n) is 5.80. The highest BCUT2D eigenvalue weighted by molar-refractivity contribution is 5.33. The number of benzene rings is 1. The molecule has 1 heterocycles. The molecule has 0 aliphatic heterocycles. The number of imidazole rings is 1. The number of aryl methyl sites for hydroxylation is 3. The number of nitrogens with zero attached hydrogens (tertiary/aromatic N) is 1. The Morgan fingerprint density at radius 1 is 1.12 bits per heavy atom. The van der Waals surface area contributed by atoms with Gasteiger partial charge in [0.2, 0.25) is 0 Å². The minimum absolute atomic E-state index is 1.03. The predicted octanol–water partition coefficient (Wildman–Crippen LogP) is 3.20. The largest absolute Gasteiger partial charge is 0.349 e. The van der Waals surface area contributed by atoms with Crippen LogP contribution < -0.4 is 0 Å². The molecule has 0 spiro atoms. The van der Waals surface area contributed by atoms with Crippen LogP contribution in [0.25, 0.3) is 0 Å². The number of nitrogens with one attached hydrogen (secondary N) is 1. The SMILES string of the molecule is Cc1cccc(C)c1CCCc1ncc[nH]1. The minimum atomic E-state index is 1.03. The molecular formula is C14H18N2. The van der Waals surface area contributed by atoms with E-state index in [2.05, 4.69) is 42.0 Å². The summed E-state index contributed by atoms with van der Waals surface area (Å²) in [5, 5.41) is 0. The normalized spacial score (nSPS) is 10.6.